The van der Waals surface area contributed by atoms with Crippen LogP contribution in [0, 0.1) is 11.3 Å². The molecule has 7 nitrogen and oxygen atoms in total. The fraction of sp³-hybridized carbons (Fsp3) is 0.533. The minimum absolute atomic E-state index is 0.211. The number of piperidine rings is 1. The summed E-state index contributed by atoms with van der Waals surface area (Å²) in [6.45, 7) is 7.96. The first-order valence-electron chi connectivity index (χ1n) is 13.6. The molecular formula is C30H39N3O4. The van der Waals surface area contributed by atoms with Gasteiger partial charge in [0, 0.05) is 38.6 Å². The lowest BCUT2D eigenvalue weighted by Gasteiger charge is -2.39. The summed E-state index contributed by atoms with van der Waals surface area (Å²) in [7, 11) is 1.67. The molecular weight excluding hydrogens is 466 g/mol. The van der Waals surface area contributed by atoms with Crippen molar-refractivity contribution in [3.63, 3.8) is 0 Å². The van der Waals surface area contributed by atoms with E-state index >= 15 is 0 Å². The number of hydrogen-bond acceptors (Lipinski definition) is 5. The highest BCUT2D eigenvalue weighted by Crippen LogP contribution is 2.43. The third-order valence-corrected chi connectivity index (χ3v) is 8.63. The lowest BCUT2D eigenvalue weighted by molar-refractivity contribution is -0.139. The smallest absolute Gasteiger partial charge is 0.409 e. The van der Waals surface area contributed by atoms with Crippen molar-refractivity contribution in [2.24, 2.45) is 11.3 Å². The molecule has 198 valence electrons. The summed E-state index contributed by atoms with van der Waals surface area (Å²) in [5.74, 6) is 1.81. The molecule has 0 aromatic heterocycles. The molecule has 0 N–H and O–H groups in total. The molecule has 5 rings (SSSR count). The summed E-state index contributed by atoms with van der Waals surface area (Å²) < 4.78 is 10.6. The molecule has 0 unspecified atom stereocenters. The number of rotatable bonds is 7. The van der Waals surface area contributed by atoms with Crippen LogP contribution in [-0.4, -0.2) is 79.7 Å². The van der Waals surface area contributed by atoms with E-state index in [0.29, 0.717) is 44.0 Å². The van der Waals surface area contributed by atoms with Crippen molar-refractivity contribution < 1.29 is 19.1 Å². The average molecular weight is 506 g/mol. The summed E-state index contributed by atoms with van der Waals surface area (Å²) in [5, 5.41) is 0. The van der Waals surface area contributed by atoms with Crippen molar-refractivity contribution in [1.82, 2.24) is 14.7 Å². The van der Waals surface area contributed by atoms with Crippen molar-refractivity contribution in [1.29, 1.82) is 0 Å². The number of likely N-dealkylation sites (tertiary alicyclic amines) is 3. The van der Waals surface area contributed by atoms with Gasteiger partial charge in [-0.3, -0.25) is 4.79 Å². The summed E-state index contributed by atoms with van der Waals surface area (Å²) in [6, 6.07) is 18.5. The van der Waals surface area contributed by atoms with Crippen LogP contribution in [0.1, 0.15) is 43.2 Å². The highest BCUT2D eigenvalue weighted by atomic mass is 16.6. The van der Waals surface area contributed by atoms with Crippen molar-refractivity contribution in [2.75, 3.05) is 53.0 Å². The standard InChI is InChI=1S/C30H39N3O4/c1-3-37-29(35)33-21-25(27(22-33)24-7-5-4-6-8-24)20-31-16-13-30(14-17-31)15-18-32(28(30)34)19-23-9-11-26(36-2)12-10-23/h4-12,25,27H,3,13-22H2,1-2H3/t25-,27+/m0/s1. The molecule has 0 bridgehead atoms. The maximum Gasteiger partial charge on any atom is 0.409 e. The SMILES string of the molecule is CCOC(=O)N1C[C@H](CN2CCC3(CC2)CCN(Cc2ccc(OC)cc2)C3=O)[C@@H](c2ccccc2)C1. The molecule has 2 atom stereocenters. The van der Waals surface area contributed by atoms with Crippen molar-refractivity contribution in [2.45, 2.75) is 38.6 Å². The van der Waals surface area contributed by atoms with Gasteiger partial charge in [-0.15, -0.1) is 0 Å². The third kappa shape index (κ3) is 5.47. The molecule has 3 aliphatic heterocycles. The Kier molecular flexibility index (Phi) is 7.70. The van der Waals surface area contributed by atoms with E-state index in [1.165, 1.54) is 5.56 Å². The molecule has 7 heteroatoms. The van der Waals surface area contributed by atoms with E-state index < -0.39 is 0 Å². The Morgan fingerprint density at radius 3 is 2.35 bits per heavy atom. The highest BCUT2D eigenvalue weighted by molar-refractivity contribution is 5.85. The van der Waals surface area contributed by atoms with E-state index in [1.807, 2.05) is 47.1 Å². The van der Waals surface area contributed by atoms with Crippen LogP contribution in [0.15, 0.2) is 54.6 Å². The predicted octanol–water partition coefficient (Wildman–Crippen LogP) is 4.38. The van der Waals surface area contributed by atoms with E-state index in [1.54, 1.807) is 7.11 Å². The van der Waals surface area contributed by atoms with Gasteiger partial charge in [0.2, 0.25) is 5.91 Å². The molecule has 3 aliphatic rings. The molecule has 3 saturated heterocycles. The summed E-state index contributed by atoms with van der Waals surface area (Å²) in [6.07, 6.45) is 2.56. The summed E-state index contributed by atoms with van der Waals surface area (Å²) in [4.78, 5) is 32.4. The zero-order valence-electron chi connectivity index (χ0n) is 22.1. The Balaban J connectivity index is 1.19. The molecule has 2 aromatic carbocycles. The van der Waals surface area contributed by atoms with Gasteiger partial charge < -0.3 is 24.2 Å². The van der Waals surface area contributed by atoms with Gasteiger partial charge in [0.15, 0.2) is 0 Å². The number of ether oxygens (including phenoxy) is 2. The van der Waals surface area contributed by atoms with Crippen LogP contribution in [0.5, 0.6) is 5.75 Å². The Hall–Kier alpha value is -3.06. The molecule has 3 fully saturated rings. The second-order valence-corrected chi connectivity index (χ2v) is 10.8. The molecule has 0 saturated carbocycles. The van der Waals surface area contributed by atoms with E-state index in [4.69, 9.17) is 9.47 Å². The van der Waals surface area contributed by atoms with Crippen molar-refractivity contribution in [3.05, 3.63) is 65.7 Å². The summed E-state index contributed by atoms with van der Waals surface area (Å²) in [5.41, 5.74) is 2.21. The number of methoxy groups -OCH3 is 1. The van der Waals surface area contributed by atoms with Crippen LogP contribution in [0.25, 0.3) is 0 Å². The predicted molar refractivity (Wildman–Crippen MR) is 142 cm³/mol. The lowest BCUT2D eigenvalue weighted by atomic mass is 9.76. The van der Waals surface area contributed by atoms with Crippen molar-refractivity contribution >= 4 is 12.0 Å². The van der Waals surface area contributed by atoms with Gasteiger partial charge in [-0.25, -0.2) is 4.79 Å². The maximum absolute atomic E-state index is 13.5. The number of benzene rings is 2. The summed E-state index contributed by atoms with van der Waals surface area (Å²) >= 11 is 0. The van der Waals surface area contributed by atoms with Gasteiger partial charge in [-0.1, -0.05) is 42.5 Å². The van der Waals surface area contributed by atoms with E-state index in [0.717, 1.165) is 56.8 Å². The van der Waals surface area contributed by atoms with Crippen LogP contribution < -0.4 is 4.74 Å². The topological polar surface area (TPSA) is 62.3 Å². The second-order valence-electron chi connectivity index (χ2n) is 10.8. The van der Waals surface area contributed by atoms with Gasteiger partial charge >= 0.3 is 6.09 Å². The highest BCUT2D eigenvalue weighted by Gasteiger charge is 2.48. The Morgan fingerprint density at radius 1 is 0.973 bits per heavy atom. The van der Waals surface area contributed by atoms with Gasteiger partial charge in [-0.2, -0.15) is 0 Å². The zero-order valence-corrected chi connectivity index (χ0v) is 22.1. The fourth-order valence-corrected chi connectivity index (χ4v) is 6.45. The minimum atomic E-state index is -0.214. The maximum atomic E-state index is 13.5. The van der Waals surface area contributed by atoms with E-state index in [9.17, 15) is 9.59 Å². The number of amides is 2. The van der Waals surface area contributed by atoms with Gasteiger partial charge in [0.1, 0.15) is 5.75 Å². The number of carbonyl (C=O) groups excluding carboxylic acids is 2. The Labute approximate surface area is 220 Å². The molecule has 3 heterocycles. The Bertz CT molecular complexity index is 1070. The first-order chi connectivity index (χ1) is 18.0. The first kappa shape index (κ1) is 25.6. The Morgan fingerprint density at radius 2 is 1.68 bits per heavy atom. The molecule has 37 heavy (non-hydrogen) atoms. The van der Waals surface area contributed by atoms with Crippen molar-refractivity contribution in [3.8, 4) is 5.75 Å². The minimum Gasteiger partial charge on any atom is -0.497 e. The molecule has 2 amide bonds. The number of carbonyl (C=O) groups is 2. The first-order valence-corrected chi connectivity index (χ1v) is 13.6. The fourth-order valence-electron chi connectivity index (χ4n) is 6.45. The molecule has 2 aromatic rings. The number of hydrogen-bond donors (Lipinski definition) is 0. The van der Waals surface area contributed by atoms with E-state index in [-0.39, 0.29) is 11.5 Å². The number of nitrogens with zero attached hydrogens (tertiary/aromatic N) is 3. The average Bonchev–Trinajstić information content (AvgIpc) is 3.48. The normalized spacial score (nSPS) is 23.6. The molecule has 1 spiro atoms. The van der Waals surface area contributed by atoms with Crippen LogP contribution in [0.3, 0.4) is 0 Å². The van der Waals surface area contributed by atoms with Crippen LogP contribution in [0.2, 0.25) is 0 Å². The zero-order chi connectivity index (χ0) is 25.8. The third-order valence-electron chi connectivity index (χ3n) is 8.63. The lowest BCUT2D eigenvalue weighted by Crippen LogP contribution is -2.46. The van der Waals surface area contributed by atoms with Gasteiger partial charge in [0.25, 0.3) is 0 Å². The molecule has 0 aliphatic carbocycles. The van der Waals surface area contributed by atoms with Gasteiger partial charge in [0.05, 0.1) is 19.1 Å². The van der Waals surface area contributed by atoms with Crippen LogP contribution in [0.4, 0.5) is 4.79 Å². The van der Waals surface area contributed by atoms with Crippen LogP contribution >= 0.6 is 0 Å². The second kappa shape index (κ2) is 11.1. The quantitative estimate of drug-likeness (QED) is 0.559. The van der Waals surface area contributed by atoms with E-state index in [2.05, 4.69) is 29.2 Å². The molecule has 0 radical (unpaired) electrons. The largest absolute Gasteiger partial charge is 0.497 e. The van der Waals surface area contributed by atoms with Gasteiger partial charge in [-0.05, 0) is 68.5 Å². The monoisotopic (exact) mass is 505 g/mol. The van der Waals surface area contributed by atoms with Crippen LogP contribution in [-0.2, 0) is 16.1 Å².